The molecule has 0 aliphatic carbocycles. The Morgan fingerprint density at radius 2 is 1.12 bits per heavy atom. The molecule has 0 saturated carbocycles. The zero-order valence-corrected chi connectivity index (χ0v) is 21.0. The molecule has 3 aromatic carbocycles. The lowest BCUT2D eigenvalue weighted by Crippen LogP contribution is -2.31. The Hall–Kier alpha value is -2.03. The van der Waals surface area contributed by atoms with Crippen LogP contribution in [0.4, 0.5) is 0 Å². The molecule has 0 heterocycles. The molecular formula is C31H40NS. The Bertz CT molecular complexity index is 782. The van der Waals surface area contributed by atoms with Crippen molar-refractivity contribution in [2.45, 2.75) is 74.8 Å². The molecule has 175 valence electrons. The number of hydrogen-bond acceptors (Lipinski definition) is 2. The van der Waals surface area contributed by atoms with Crippen LogP contribution in [0.5, 0.6) is 0 Å². The summed E-state index contributed by atoms with van der Waals surface area (Å²) < 4.78 is -0.325. The van der Waals surface area contributed by atoms with Crippen molar-refractivity contribution >= 4 is 11.8 Å². The van der Waals surface area contributed by atoms with Crippen LogP contribution < -0.4 is 5.73 Å². The third-order valence-electron chi connectivity index (χ3n) is 6.28. The van der Waals surface area contributed by atoms with E-state index in [1.54, 1.807) is 0 Å². The topological polar surface area (TPSA) is 26.0 Å². The van der Waals surface area contributed by atoms with Crippen molar-refractivity contribution in [1.29, 1.82) is 0 Å². The third-order valence-corrected chi connectivity index (χ3v) is 7.88. The first-order valence-electron chi connectivity index (χ1n) is 12.7. The van der Waals surface area contributed by atoms with Crippen molar-refractivity contribution < 1.29 is 0 Å². The molecule has 0 spiro atoms. The van der Waals surface area contributed by atoms with Crippen LogP contribution in [0.15, 0.2) is 91.0 Å². The van der Waals surface area contributed by atoms with E-state index >= 15 is 0 Å². The Labute approximate surface area is 206 Å². The molecule has 2 N–H and O–H groups in total. The zero-order chi connectivity index (χ0) is 23.2. The summed E-state index contributed by atoms with van der Waals surface area (Å²) >= 11 is 1.90. The second kappa shape index (κ2) is 14.3. The summed E-state index contributed by atoms with van der Waals surface area (Å²) in [5.74, 6) is 0. The predicted octanol–water partition coefficient (Wildman–Crippen LogP) is 8.73. The molecule has 3 rings (SSSR count). The van der Waals surface area contributed by atoms with E-state index in [9.17, 15) is 0 Å². The van der Waals surface area contributed by atoms with Crippen LogP contribution in [-0.4, -0.2) is 5.37 Å². The van der Waals surface area contributed by atoms with E-state index in [2.05, 4.69) is 104 Å². The Kier molecular flexibility index (Phi) is 11.1. The van der Waals surface area contributed by atoms with Crippen molar-refractivity contribution in [1.82, 2.24) is 0 Å². The molecule has 0 amide bonds. The molecule has 1 unspecified atom stereocenters. The second-order valence-electron chi connectivity index (χ2n) is 8.86. The molecular weight excluding hydrogens is 418 g/mol. The highest BCUT2D eigenvalue weighted by molar-refractivity contribution is 8.01. The van der Waals surface area contributed by atoms with Gasteiger partial charge in [-0.15, -0.1) is 11.8 Å². The van der Waals surface area contributed by atoms with Gasteiger partial charge in [0.2, 0.25) is 0 Å². The van der Waals surface area contributed by atoms with E-state index in [0.717, 1.165) is 6.42 Å². The fourth-order valence-corrected chi connectivity index (χ4v) is 6.06. The fraction of sp³-hybridized carbons (Fsp3) is 0.387. The fourth-order valence-electron chi connectivity index (χ4n) is 4.50. The van der Waals surface area contributed by atoms with Crippen molar-refractivity contribution in [2.24, 2.45) is 5.73 Å². The highest BCUT2D eigenvalue weighted by Gasteiger charge is 2.38. The largest absolute Gasteiger partial charge is 0.319 e. The average molecular weight is 459 g/mol. The van der Waals surface area contributed by atoms with E-state index in [4.69, 9.17) is 5.73 Å². The molecule has 0 bridgehead atoms. The number of nitrogens with two attached hydrogens (primary N) is 1. The van der Waals surface area contributed by atoms with Gasteiger partial charge in [-0.25, -0.2) is 0 Å². The maximum Gasteiger partial charge on any atom is 0.0922 e. The van der Waals surface area contributed by atoms with Gasteiger partial charge in [0.1, 0.15) is 0 Å². The van der Waals surface area contributed by atoms with Crippen molar-refractivity contribution in [3.63, 3.8) is 0 Å². The quantitative estimate of drug-likeness (QED) is 0.140. The number of rotatable bonds is 15. The average Bonchev–Trinajstić information content (AvgIpc) is 2.88. The van der Waals surface area contributed by atoms with Gasteiger partial charge in [-0.1, -0.05) is 149 Å². The van der Waals surface area contributed by atoms with Crippen LogP contribution in [0.25, 0.3) is 0 Å². The first-order chi connectivity index (χ1) is 16.3. The van der Waals surface area contributed by atoms with Crippen LogP contribution in [0.1, 0.15) is 81.4 Å². The summed E-state index contributed by atoms with van der Waals surface area (Å²) in [4.78, 5) is 0. The van der Waals surface area contributed by atoms with Gasteiger partial charge in [-0.3, -0.25) is 0 Å². The summed E-state index contributed by atoms with van der Waals surface area (Å²) in [6.45, 7) is 2.27. The maximum absolute atomic E-state index is 6.82. The first kappa shape index (κ1) is 25.6. The lowest BCUT2D eigenvalue weighted by atomic mass is 9.84. The molecule has 0 saturated heterocycles. The molecule has 0 fully saturated rings. The lowest BCUT2D eigenvalue weighted by molar-refractivity contribution is 0.619. The van der Waals surface area contributed by atoms with Crippen LogP contribution in [-0.2, 0) is 4.75 Å². The van der Waals surface area contributed by atoms with E-state index < -0.39 is 0 Å². The highest BCUT2D eigenvalue weighted by atomic mass is 32.2. The second-order valence-corrected chi connectivity index (χ2v) is 10.3. The smallest absolute Gasteiger partial charge is 0.0922 e. The Balaban J connectivity index is 1.70. The summed E-state index contributed by atoms with van der Waals surface area (Å²) in [5.41, 5.74) is 10.7. The van der Waals surface area contributed by atoms with Gasteiger partial charge in [0.25, 0.3) is 0 Å². The summed E-state index contributed by atoms with van der Waals surface area (Å²) in [5, 5.41) is 0.0650. The molecule has 2 heteroatoms. The van der Waals surface area contributed by atoms with Crippen LogP contribution in [0.2, 0.25) is 0 Å². The molecule has 1 atom stereocenters. The normalized spacial score (nSPS) is 12.5. The Morgan fingerprint density at radius 3 is 1.58 bits per heavy atom. The van der Waals surface area contributed by atoms with Crippen LogP contribution in [0.3, 0.4) is 0 Å². The number of benzene rings is 3. The summed E-state index contributed by atoms with van der Waals surface area (Å²) in [7, 11) is 0. The first-order valence-corrected chi connectivity index (χ1v) is 13.6. The molecule has 0 aliphatic heterocycles. The minimum Gasteiger partial charge on any atom is -0.319 e. The minimum absolute atomic E-state index is 0.0650. The standard InChI is InChI=1S/C31H40NS/c1-2-3-4-5-6-7-8-9-19-26-30(32)33-31(27-20-13-10-14-21-27,28-22-15-11-16-23-28)29-24-17-12-18-25-29/h7,10-18,20-25,30H,2-6,8-9,19,26,32H2,1H3. The van der Waals surface area contributed by atoms with Gasteiger partial charge >= 0.3 is 0 Å². The van der Waals surface area contributed by atoms with Crippen molar-refractivity contribution in [2.75, 3.05) is 0 Å². The highest BCUT2D eigenvalue weighted by Crippen LogP contribution is 2.49. The van der Waals surface area contributed by atoms with E-state index in [1.807, 2.05) is 11.8 Å². The molecule has 33 heavy (non-hydrogen) atoms. The molecule has 0 aromatic heterocycles. The predicted molar refractivity (Wildman–Crippen MR) is 146 cm³/mol. The van der Waals surface area contributed by atoms with Gasteiger partial charge < -0.3 is 5.73 Å². The maximum atomic E-state index is 6.82. The number of hydrogen-bond donors (Lipinski definition) is 1. The lowest BCUT2D eigenvalue weighted by Gasteiger charge is -2.37. The zero-order valence-electron chi connectivity index (χ0n) is 20.2. The van der Waals surface area contributed by atoms with E-state index in [1.165, 1.54) is 68.1 Å². The van der Waals surface area contributed by atoms with Gasteiger partial charge in [0.05, 0.1) is 10.1 Å². The summed E-state index contributed by atoms with van der Waals surface area (Å²) in [6.07, 6.45) is 13.8. The molecule has 3 aromatic rings. The van der Waals surface area contributed by atoms with Crippen LogP contribution in [0, 0.1) is 6.42 Å². The molecule has 1 radical (unpaired) electrons. The van der Waals surface area contributed by atoms with Gasteiger partial charge in [0.15, 0.2) is 0 Å². The van der Waals surface area contributed by atoms with Crippen molar-refractivity contribution in [3.8, 4) is 0 Å². The monoisotopic (exact) mass is 458 g/mol. The van der Waals surface area contributed by atoms with Gasteiger partial charge in [-0.05, 0) is 29.5 Å². The van der Waals surface area contributed by atoms with Crippen LogP contribution >= 0.6 is 11.8 Å². The minimum atomic E-state index is -0.325. The SMILES string of the molecule is CCCCCC[CH]CCCCC(N)SC(c1ccccc1)(c1ccccc1)c1ccccc1. The number of unbranched alkanes of at least 4 members (excludes halogenated alkanes) is 8. The van der Waals surface area contributed by atoms with Gasteiger partial charge in [-0.2, -0.15) is 0 Å². The Morgan fingerprint density at radius 1 is 0.667 bits per heavy atom. The summed E-state index contributed by atoms with van der Waals surface area (Å²) in [6, 6.07) is 32.6. The molecule has 0 aliphatic rings. The third kappa shape index (κ3) is 7.48. The molecule has 1 nitrogen and oxygen atoms in total. The van der Waals surface area contributed by atoms with Crippen molar-refractivity contribution in [3.05, 3.63) is 114 Å². The van der Waals surface area contributed by atoms with Gasteiger partial charge in [0, 0.05) is 0 Å². The number of thioether (sulfide) groups is 1. The van der Waals surface area contributed by atoms with E-state index in [0.29, 0.717) is 0 Å². The van der Waals surface area contributed by atoms with E-state index in [-0.39, 0.29) is 10.1 Å².